The fourth-order valence-corrected chi connectivity index (χ4v) is 2.76. The summed E-state index contributed by atoms with van der Waals surface area (Å²) in [7, 11) is 3.89. The normalized spacial score (nSPS) is 15.6. The number of hydrogen-bond donors (Lipinski definition) is 3. The molecule has 0 unspecified atom stereocenters. The average Bonchev–Trinajstić information content (AvgIpc) is 2.93. The molecule has 2 rings (SSSR count). The lowest BCUT2D eigenvalue weighted by molar-refractivity contribution is 0.0912. The summed E-state index contributed by atoms with van der Waals surface area (Å²) in [5.74, 6) is 0.681. The number of furan rings is 1. The summed E-state index contributed by atoms with van der Waals surface area (Å²) in [5, 5.41) is 3.67. The SMILES string of the molecule is CN(C)Cc1ccc(C(=O)NNC(=S)NC2CCCCC2)o1. The molecule has 22 heavy (non-hydrogen) atoms. The molecule has 1 aromatic heterocycles. The van der Waals surface area contributed by atoms with Gasteiger partial charge in [0.2, 0.25) is 0 Å². The predicted octanol–water partition coefficient (Wildman–Crippen LogP) is 1.78. The van der Waals surface area contributed by atoms with E-state index in [1.54, 1.807) is 12.1 Å². The van der Waals surface area contributed by atoms with Crippen molar-refractivity contribution >= 4 is 23.2 Å². The Bertz CT molecular complexity index is 509. The molecular formula is C15H24N4O2S. The van der Waals surface area contributed by atoms with Gasteiger partial charge in [-0.2, -0.15) is 0 Å². The van der Waals surface area contributed by atoms with Crippen LogP contribution in [0.3, 0.4) is 0 Å². The van der Waals surface area contributed by atoms with E-state index >= 15 is 0 Å². The molecule has 0 aliphatic heterocycles. The van der Waals surface area contributed by atoms with E-state index < -0.39 is 0 Å². The molecule has 0 bridgehead atoms. The van der Waals surface area contributed by atoms with Crippen LogP contribution in [0.1, 0.15) is 48.4 Å². The fourth-order valence-electron chi connectivity index (χ4n) is 2.54. The van der Waals surface area contributed by atoms with Gasteiger partial charge in [-0.05, 0) is 51.3 Å². The van der Waals surface area contributed by atoms with E-state index in [-0.39, 0.29) is 11.7 Å². The molecule has 1 saturated carbocycles. The van der Waals surface area contributed by atoms with Crippen LogP contribution in [0.15, 0.2) is 16.5 Å². The number of amides is 1. The van der Waals surface area contributed by atoms with E-state index in [2.05, 4.69) is 16.2 Å². The number of nitrogens with one attached hydrogen (secondary N) is 3. The van der Waals surface area contributed by atoms with Crippen molar-refractivity contribution in [3.05, 3.63) is 23.7 Å². The van der Waals surface area contributed by atoms with Crippen LogP contribution >= 0.6 is 12.2 Å². The minimum atomic E-state index is -0.335. The maximum atomic E-state index is 12.0. The Kier molecular flexibility index (Phi) is 6.21. The van der Waals surface area contributed by atoms with Gasteiger partial charge in [0.1, 0.15) is 5.76 Å². The molecule has 3 N–H and O–H groups in total. The van der Waals surface area contributed by atoms with E-state index in [1.807, 2.05) is 19.0 Å². The minimum absolute atomic E-state index is 0.268. The molecular weight excluding hydrogens is 300 g/mol. The Morgan fingerprint density at radius 3 is 2.68 bits per heavy atom. The number of carbonyl (C=O) groups excluding carboxylic acids is 1. The van der Waals surface area contributed by atoms with Crippen LogP contribution in [0, 0.1) is 0 Å². The van der Waals surface area contributed by atoms with E-state index in [1.165, 1.54) is 19.3 Å². The highest BCUT2D eigenvalue weighted by atomic mass is 32.1. The third-order valence-electron chi connectivity index (χ3n) is 3.59. The lowest BCUT2D eigenvalue weighted by Crippen LogP contribution is -2.50. The van der Waals surface area contributed by atoms with Crippen LogP contribution in [0.4, 0.5) is 0 Å². The molecule has 1 aromatic rings. The fraction of sp³-hybridized carbons (Fsp3) is 0.600. The first-order valence-electron chi connectivity index (χ1n) is 7.65. The number of carbonyl (C=O) groups is 1. The number of rotatable bonds is 4. The Balaban J connectivity index is 1.74. The molecule has 1 aliphatic rings. The van der Waals surface area contributed by atoms with Gasteiger partial charge in [0.15, 0.2) is 10.9 Å². The Morgan fingerprint density at radius 1 is 1.27 bits per heavy atom. The highest BCUT2D eigenvalue weighted by molar-refractivity contribution is 7.80. The van der Waals surface area contributed by atoms with Crippen molar-refractivity contribution in [2.45, 2.75) is 44.7 Å². The molecule has 1 amide bonds. The van der Waals surface area contributed by atoms with Crippen LogP contribution in [0.5, 0.6) is 0 Å². The quantitative estimate of drug-likeness (QED) is 0.579. The van der Waals surface area contributed by atoms with E-state index in [0.29, 0.717) is 17.7 Å². The van der Waals surface area contributed by atoms with Gasteiger partial charge >= 0.3 is 5.91 Å². The van der Waals surface area contributed by atoms with Crippen molar-refractivity contribution < 1.29 is 9.21 Å². The summed E-state index contributed by atoms with van der Waals surface area (Å²) in [4.78, 5) is 13.9. The first kappa shape index (κ1) is 16.8. The van der Waals surface area contributed by atoms with Gasteiger partial charge in [0.25, 0.3) is 0 Å². The van der Waals surface area contributed by atoms with Crippen LogP contribution in [-0.2, 0) is 6.54 Å². The third-order valence-corrected chi connectivity index (χ3v) is 3.81. The lowest BCUT2D eigenvalue weighted by atomic mass is 9.96. The molecule has 0 saturated heterocycles. The summed E-state index contributed by atoms with van der Waals surface area (Å²) in [6, 6.07) is 3.86. The third kappa shape index (κ3) is 5.31. The van der Waals surface area contributed by atoms with Gasteiger partial charge in [-0.15, -0.1) is 0 Å². The number of hydrazine groups is 1. The topological polar surface area (TPSA) is 69.5 Å². The molecule has 0 spiro atoms. The summed E-state index contributed by atoms with van der Waals surface area (Å²) in [6.45, 7) is 0.655. The Hall–Kier alpha value is -1.60. The molecule has 122 valence electrons. The second kappa shape index (κ2) is 8.14. The van der Waals surface area contributed by atoms with Crippen molar-refractivity contribution in [3.63, 3.8) is 0 Å². The highest BCUT2D eigenvalue weighted by Gasteiger charge is 2.15. The summed E-state index contributed by atoms with van der Waals surface area (Å²) in [5.41, 5.74) is 5.28. The standard InChI is InChI=1S/C15H24N4O2S/c1-19(2)10-12-8-9-13(21-12)14(20)17-18-15(22)16-11-6-4-3-5-7-11/h8-9,11H,3-7,10H2,1-2H3,(H,17,20)(H2,16,18,22). The largest absolute Gasteiger partial charge is 0.454 e. The van der Waals surface area contributed by atoms with E-state index in [0.717, 1.165) is 18.6 Å². The van der Waals surface area contributed by atoms with Crippen molar-refractivity contribution in [3.8, 4) is 0 Å². The van der Waals surface area contributed by atoms with Crippen LogP contribution in [-0.4, -0.2) is 36.1 Å². The zero-order chi connectivity index (χ0) is 15.9. The zero-order valence-electron chi connectivity index (χ0n) is 13.1. The van der Waals surface area contributed by atoms with Crippen LogP contribution in [0.2, 0.25) is 0 Å². The van der Waals surface area contributed by atoms with E-state index in [4.69, 9.17) is 16.6 Å². The first-order chi connectivity index (χ1) is 10.5. The van der Waals surface area contributed by atoms with Gasteiger partial charge < -0.3 is 14.6 Å². The number of hydrogen-bond acceptors (Lipinski definition) is 4. The summed E-state index contributed by atoms with van der Waals surface area (Å²) >= 11 is 5.19. The van der Waals surface area contributed by atoms with E-state index in [9.17, 15) is 4.79 Å². The molecule has 6 nitrogen and oxygen atoms in total. The zero-order valence-corrected chi connectivity index (χ0v) is 14.0. The molecule has 0 radical (unpaired) electrons. The van der Waals surface area contributed by atoms with Crippen LogP contribution < -0.4 is 16.2 Å². The number of nitrogens with zero attached hydrogens (tertiary/aromatic N) is 1. The maximum Gasteiger partial charge on any atom is 0.305 e. The van der Waals surface area contributed by atoms with Crippen molar-refractivity contribution in [1.29, 1.82) is 0 Å². The molecule has 7 heteroatoms. The predicted molar refractivity (Wildman–Crippen MR) is 89.3 cm³/mol. The number of thiocarbonyl (C=S) groups is 1. The summed E-state index contributed by atoms with van der Waals surface area (Å²) < 4.78 is 5.48. The smallest absolute Gasteiger partial charge is 0.305 e. The average molecular weight is 324 g/mol. The first-order valence-corrected chi connectivity index (χ1v) is 8.05. The lowest BCUT2D eigenvalue weighted by Gasteiger charge is -2.24. The second-order valence-electron chi connectivity index (χ2n) is 5.89. The molecule has 1 heterocycles. The van der Waals surface area contributed by atoms with Crippen molar-refractivity contribution in [1.82, 2.24) is 21.1 Å². The van der Waals surface area contributed by atoms with Gasteiger partial charge in [0, 0.05) is 6.04 Å². The molecule has 0 aromatic carbocycles. The van der Waals surface area contributed by atoms with Gasteiger partial charge in [0.05, 0.1) is 6.54 Å². The summed E-state index contributed by atoms with van der Waals surface area (Å²) in [6.07, 6.45) is 6.01. The second-order valence-corrected chi connectivity index (χ2v) is 6.30. The molecule has 1 fully saturated rings. The van der Waals surface area contributed by atoms with Crippen molar-refractivity contribution in [2.24, 2.45) is 0 Å². The minimum Gasteiger partial charge on any atom is -0.454 e. The Morgan fingerprint density at radius 2 is 2.00 bits per heavy atom. The van der Waals surface area contributed by atoms with Crippen LogP contribution in [0.25, 0.3) is 0 Å². The van der Waals surface area contributed by atoms with Gasteiger partial charge in [-0.25, -0.2) is 0 Å². The Labute approximate surface area is 136 Å². The highest BCUT2D eigenvalue weighted by Crippen LogP contribution is 2.17. The molecule has 1 aliphatic carbocycles. The monoisotopic (exact) mass is 324 g/mol. The van der Waals surface area contributed by atoms with Gasteiger partial charge in [-0.3, -0.25) is 15.6 Å². The van der Waals surface area contributed by atoms with Crippen molar-refractivity contribution in [2.75, 3.05) is 14.1 Å². The van der Waals surface area contributed by atoms with Gasteiger partial charge in [-0.1, -0.05) is 19.3 Å². The molecule has 0 atom stereocenters. The maximum absolute atomic E-state index is 12.0.